The maximum Gasteiger partial charge on any atom is 0.127 e. The van der Waals surface area contributed by atoms with Crippen LogP contribution in [0.15, 0.2) is 40.9 Å². The van der Waals surface area contributed by atoms with Gasteiger partial charge in [-0.05, 0) is 53.2 Å². The summed E-state index contributed by atoms with van der Waals surface area (Å²) in [6.45, 7) is 2.01. The summed E-state index contributed by atoms with van der Waals surface area (Å²) in [6.07, 6.45) is 0. The molecule has 0 aliphatic carbocycles. The number of anilines is 1. The molecular formula is C16H17BrFNO2. The third-order valence-electron chi connectivity index (χ3n) is 3.21. The van der Waals surface area contributed by atoms with Gasteiger partial charge in [0.1, 0.15) is 17.3 Å². The summed E-state index contributed by atoms with van der Waals surface area (Å²) in [7, 11) is 3.24. The number of methoxy groups -OCH3 is 2. The van der Waals surface area contributed by atoms with Crippen LogP contribution in [0.4, 0.5) is 10.1 Å². The Balaban J connectivity index is 2.25. The van der Waals surface area contributed by atoms with Crippen molar-refractivity contribution in [1.82, 2.24) is 0 Å². The third kappa shape index (κ3) is 3.67. The quantitative estimate of drug-likeness (QED) is 0.838. The molecule has 2 aromatic carbocycles. The molecule has 0 fully saturated rings. The van der Waals surface area contributed by atoms with Crippen molar-refractivity contribution in [3.05, 3.63) is 52.3 Å². The SMILES string of the molecule is COc1ccc(C(C)Nc2ccc(F)cc2Br)c(OC)c1. The number of rotatable bonds is 5. The number of hydrogen-bond acceptors (Lipinski definition) is 3. The van der Waals surface area contributed by atoms with Crippen LogP contribution in [-0.2, 0) is 0 Å². The summed E-state index contributed by atoms with van der Waals surface area (Å²) in [6, 6.07) is 10.2. The Kier molecular flexibility index (Phi) is 5.07. The zero-order valence-electron chi connectivity index (χ0n) is 12.1. The van der Waals surface area contributed by atoms with E-state index in [4.69, 9.17) is 9.47 Å². The largest absolute Gasteiger partial charge is 0.497 e. The Morgan fingerprint density at radius 3 is 2.48 bits per heavy atom. The first-order chi connectivity index (χ1) is 10.0. The molecule has 2 aromatic rings. The summed E-state index contributed by atoms with van der Waals surface area (Å²) in [5, 5.41) is 3.33. The first-order valence-electron chi connectivity index (χ1n) is 6.48. The molecule has 0 aliphatic rings. The molecule has 0 spiro atoms. The van der Waals surface area contributed by atoms with Crippen molar-refractivity contribution >= 4 is 21.6 Å². The van der Waals surface area contributed by atoms with E-state index in [1.54, 1.807) is 20.3 Å². The van der Waals surface area contributed by atoms with E-state index < -0.39 is 0 Å². The highest BCUT2D eigenvalue weighted by molar-refractivity contribution is 9.10. The molecule has 0 heterocycles. The van der Waals surface area contributed by atoms with Gasteiger partial charge < -0.3 is 14.8 Å². The fourth-order valence-electron chi connectivity index (χ4n) is 2.09. The maximum atomic E-state index is 13.1. The Morgan fingerprint density at radius 1 is 1.10 bits per heavy atom. The average molecular weight is 354 g/mol. The van der Waals surface area contributed by atoms with Gasteiger partial charge in [-0.15, -0.1) is 0 Å². The van der Waals surface area contributed by atoms with E-state index in [1.807, 2.05) is 25.1 Å². The monoisotopic (exact) mass is 353 g/mol. The molecule has 5 heteroatoms. The standard InChI is InChI=1S/C16H17BrFNO2/c1-10(19-15-7-4-11(18)8-14(15)17)13-6-5-12(20-2)9-16(13)21-3/h4-10,19H,1-3H3. The van der Waals surface area contributed by atoms with Crippen molar-refractivity contribution in [3.8, 4) is 11.5 Å². The molecule has 0 bridgehead atoms. The fourth-order valence-corrected chi connectivity index (χ4v) is 2.56. The van der Waals surface area contributed by atoms with Crippen molar-refractivity contribution in [2.45, 2.75) is 13.0 Å². The van der Waals surface area contributed by atoms with E-state index in [0.29, 0.717) is 4.47 Å². The van der Waals surface area contributed by atoms with Crippen molar-refractivity contribution in [3.63, 3.8) is 0 Å². The molecule has 21 heavy (non-hydrogen) atoms. The maximum absolute atomic E-state index is 13.1. The lowest BCUT2D eigenvalue weighted by Crippen LogP contribution is -2.09. The van der Waals surface area contributed by atoms with Crippen LogP contribution in [0.5, 0.6) is 11.5 Å². The molecule has 3 nitrogen and oxygen atoms in total. The Bertz CT molecular complexity index is 634. The second kappa shape index (κ2) is 6.80. The van der Waals surface area contributed by atoms with Gasteiger partial charge in [-0.25, -0.2) is 4.39 Å². The van der Waals surface area contributed by atoms with Crippen LogP contribution in [0.3, 0.4) is 0 Å². The summed E-state index contributed by atoms with van der Waals surface area (Å²) < 4.78 is 24.4. The van der Waals surface area contributed by atoms with Crippen LogP contribution in [0.2, 0.25) is 0 Å². The van der Waals surface area contributed by atoms with Gasteiger partial charge in [0.05, 0.1) is 20.3 Å². The van der Waals surface area contributed by atoms with E-state index in [-0.39, 0.29) is 11.9 Å². The van der Waals surface area contributed by atoms with Gasteiger partial charge in [0.25, 0.3) is 0 Å². The first kappa shape index (κ1) is 15.6. The van der Waals surface area contributed by atoms with E-state index >= 15 is 0 Å². The predicted octanol–water partition coefficient (Wildman–Crippen LogP) is 4.78. The third-order valence-corrected chi connectivity index (χ3v) is 3.87. The van der Waals surface area contributed by atoms with Crippen LogP contribution >= 0.6 is 15.9 Å². The number of nitrogens with one attached hydrogen (secondary N) is 1. The molecule has 0 aliphatic heterocycles. The lowest BCUT2D eigenvalue weighted by Gasteiger charge is -2.20. The van der Waals surface area contributed by atoms with Gasteiger partial charge in [-0.3, -0.25) is 0 Å². The normalized spacial score (nSPS) is 11.9. The van der Waals surface area contributed by atoms with Crippen molar-refractivity contribution in [2.24, 2.45) is 0 Å². The summed E-state index contributed by atoms with van der Waals surface area (Å²) in [5.74, 6) is 1.21. The summed E-state index contributed by atoms with van der Waals surface area (Å²) in [4.78, 5) is 0. The second-order valence-electron chi connectivity index (χ2n) is 4.60. The minimum Gasteiger partial charge on any atom is -0.497 e. The number of halogens is 2. The molecule has 0 saturated carbocycles. The van der Waals surface area contributed by atoms with Crippen LogP contribution in [-0.4, -0.2) is 14.2 Å². The zero-order chi connectivity index (χ0) is 15.4. The molecule has 1 unspecified atom stereocenters. The van der Waals surface area contributed by atoms with Crippen LogP contribution in [0, 0.1) is 5.82 Å². The molecule has 0 amide bonds. The van der Waals surface area contributed by atoms with E-state index in [9.17, 15) is 4.39 Å². The zero-order valence-corrected chi connectivity index (χ0v) is 13.7. The van der Waals surface area contributed by atoms with Gasteiger partial charge in [0.15, 0.2) is 0 Å². The summed E-state index contributed by atoms with van der Waals surface area (Å²) >= 11 is 3.35. The number of hydrogen-bond donors (Lipinski definition) is 1. The minimum absolute atomic E-state index is 0.00684. The molecule has 1 N–H and O–H groups in total. The topological polar surface area (TPSA) is 30.5 Å². The smallest absolute Gasteiger partial charge is 0.127 e. The Hall–Kier alpha value is -1.75. The van der Waals surface area contributed by atoms with Gasteiger partial charge in [-0.2, -0.15) is 0 Å². The molecule has 112 valence electrons. The minimum atomic E-state index is -0.276. The lowest BCUT2D eigenvalue weighted by atomic mass is 10.1. The van der Waals surface area contributed by atoms with Crippen LogP contribution < -0.4 is 14.8 Å². The highest BCUT2D eigenvalue weighted by Crippen LogP contribution is 2.33. The van der Waals surface area contributed by atoms with E-state index in [0.717, 1.165) is 22.7 Å². The predicted molar refractivity (Wildman–Crippen MR) is 85.7 cm³/mol. The molecule has 0 aromatic heterocycles. The van der Waals surface area contributed by atoms with Gasteiger partial charge in [0, 0.05) is 21.8 Å². The Morgan fingerprint density at radius 2 is 1.86 bits per heavy atom. The lowest BCUT2D eigenvalue weighted by molar-refractivity contribution is 0.390. The molecule has 0 saturated heterocycles. The van der Waals surface area contributed by atoms with Gasteiger partial charge in [-0.1, -0.05) is 0 Å². The van der Waals surface area contributed by atoms with Gasteiger partial charge in [0.2, 0.25) is 0 Å². The molecular weight excluding hydrogens is 337 g/mol. The van der Waals surface area contributed by atoms with Crippen molar-refractivity contribution < 1.29 is 13.9 Å². The fraction of sp³-hybridized carbons (Fsp3) is 0.250. The average Bonchev–Trinajstić information content (AvgIpc) is 2.49. The highest BCUT2D eigenvalue weighted by Gasteiger charge is 2.13. The highest BCUT2D eigenvalue weighted by atomic mass is 79.9. The molecule has 2 rings (SSSR count). The number of benzene rings is 2. The van der Waals surface area contributed by atoms with Crippen LogP contribution in [0.1, 0.15) is 18.5 Å². The van der Waals surface area contributed by atoms with Gasteiger partial charge >= 0.3 is 0 Å². The van der Waals surface area contributed by atoms with E-state index in [1.165, 1.54) is 12.1 Å². The second-order valence-corrected chi connectivity index (χ2v) is 5.45. The number of ether oxygens (including phenoxy) is 2. The molecule has 1 atom stereocenters. The first-order valence-corrected chi connectivity index (χ1v) is 7.28. The van der Waals surface area contributed by atoms with Crippen LogP contribution in [0.25, 0.3) is 0 Å². The molecule has 0 radical (unpaired) electrons. The van der Waals surface area contributed by atoms with Crippen molar-refractivity contribution in [2.75, 3.05) is 19.5 Å². The Labute approximate surface area is 132 Å². The van der Waals surface area contributed by atoms with E-state index in [2.05, 4.69) is 21.2 Å². The van der Waals surface area contributed by atoms with Crippen molar-refractivity contribution in [1.29, 1.82) is 0 Å². The summed E-state index contributed by atoms with van der Waals surface area (Å²) in [5.41, 5.74) is 1.82.